The van der Waals surface area contributed by atoms with Gasteiger partial charge in [-0.15, -0.1) is 0 Å². The van der Waals surface area contributed by atoms with Crippen molar-refractivity contribution in [2.45, 2.75) is 50.9 Å². The van der Waals surface area contributed by atoms with Crippen molar-refractivity contribution in [2.75, 3.05) is 6.61 Å². The lowest BCUT2D eigenvalue weighted by Crippen LogP contribution is -2.44. The number of rotatable bonds is 11. The van der Waals surface area contributed by atoms with Gasteiger partial charge in [0.15, 0.2) is 12.7 Å². The van der Waals surface area contributed by atoms with Gasteiger partial charge in [0.2, 0.25) is 0 Å². The second kappa shape index (κ2) is 13.9. The summed E-state index contributed by atoms with van der Waals surface area (Å²) in [6, 6.07) is 21.4. The Morgan fingerprint density at radius 2 is 1.75 bits per heavy atom. The number of esters is 1. The number of hydrogen-bond acceptors (Lipinski definition) is 5. The summed E-state index contributed by atoms with van der Waals surface area (Å²) in [6.45, 7) is 1.89. The molecule has 3 aromatic carbocycles. The fourth-order valence-electron chi connectivity index (χ4n) is 4.15. The molecule has 0 aromatic heterocycles. The van der Waals surface area contributed by atoms with E-state index in [-0.39, 0.29) is 23.7 Å². The van der Waals surface area contributed by atoms with E-state index in [1.165, 1.54) is 24.3 Å². The van der Waals surface area contributed by atoms with Crippen molar-refractivity contribution in [3.8, 4) is 11.8 Å². The average molecular weight is 573 g/mol. The van der Waals surface area contributed by atoms with E-state index in [9.17, 15) is 28.0 Å². The van der Waals surface area contributed by atoms with Gasteiger partial charge >= 0.3 is 12.1 Å². The molecule has 10 heteroatoms. The Morgan fingerprint density at radius 3 is 2.40 bits per heavy atom. The molecule has 3 aromatic rings. The largest absolute Gasteiger partial charge is 0.483 e. The first-order valence-electron chi connectivity index (χ1n) is 12.5. The molecule has 0 spiro atoms. The van der Waals surface area contributed by atoms with Gasteiger partial charge in [-0.25, -0.2) is 4.79 Å². The van der Waals surface area contributed by atoms with Crippen molar-refractivity contribution in [2.24, 2.45) is 0 Å². The lowest BCUT2D eigenvalue weighted by atomic mass is 9.85. The zero-order valence-corrected chi connectivity index (χ0v) is 22.6. The third kappa shape index (κ3) is 8.75. The number of nitriles is 1. The Bertz CT molecular complexity index is 1360. The number of nitrogens with one attached hydrogen (secondary N) is 1. The first-order valence-corrected chi connectivity index (χ1v) is 12.9. The maximum absolute atomic E-state index is 13.2. The summed E-state index contributed by atoms with van der Waals surface area (Å²) in [5.41, 5.74) is 2.05. The van der Waals surface area contributed by atoms with Crippen LogP contribution >= 0.6 is 11.6 Å². The second-order valence-corrected chi connectivity index (χ2v) is 9.61. The Morgan fingerprint density at radius 1 is 1.05 bits per heavy atom. The average Bonchev–Trinajstić information content (AvgIpc) is 2.93. The van der Waals surface area contributed by atoms with Crippen LogP contribution < -0.4 is 10.1 Å². The van der Waals surface area contributed by atoms with Crippen molar-refractivity contribution in [3.63, 3.8) is 0 Å². The van der Waals surface area contributed by atoms with Crippen molar-refractivity contribution < 1.29 is 32.2 Å². The SMILES string of the molecule is CC[C@@H](OC(=O)c1ccccc1OCC(F)(F)F)C(=O)N[C@@H](C)[C@@H](Cc1ccc(Cl)cc1)c1cccc(C#N)c1. The van der Waals surface area contributed by atoms with Gasteiger partial charge < -0.3 is 14.8 Å². The molecule has 210 valence electrons. The number of para-hydroxylation sites is 1. The van der Waals surface area contributed by atoms with Crippen LogP contribution in [0.15, 0.2) is 72.8 Å². The second-order valence-electron chi connectivity index (χ2n) is 9.17. The fraction of sp³-hybridized carbons (Fsp3) is 0.300. The number of nitrogens with zero attached hydrogens (tertiary/aromatic N) is 1. The molecule has 0 bridgehead atoms. The number of carbonyl (C=O) groups is 2. The molecule has 0 fully saturated rings. The maximum Gasteiger partial charge on any atom is 0.422 e. The minimum Gasteiger partial charge on any atom is -0.483 e. The predicted molar refractivity (Wildman–Crippen MR) is 144 cm³/mol. The van der Waals surface area contributed by atoms with Gasteiger partial charge in [-0.2, -0.15) is 18.4 Å². The van der Waals surface area contributed by atoms with Crippen LogP contribution in [-0.4, -0.2) is 36.8 Å². The molecule has 0 heterocycles. The quantitative estimate of drug-likeness (QED) is 0.261. The number of halogens is 4. The molecule has 1 N–H and O–H groups in total. The van der Waals surface area contributed by atoms with Crippen molar-refractivity contribution >= 4 is 23.5 Å². The predicted octanol–water partition coefficient (Wildman–Crippen LogP) is 6.62. The molecule has 0 radical (unpaired) electrons. The Kier molecular flexibility index (Phi) is 10.6. The Labute approximate surface area is 235 Å². The highest BCUT2D eigenvalue weighted by atomic mass is 35.5. The van der Waals surface area contributed by atoms with Crippen molar-refractivity contribution in [3.05, 3.63) is 100 Å². The smallest absolute Gasteiger partial charge is 0.422 e. The van der Waals surface area contributed by atoms with E-state index in [2.05, 4.69) is 11.4 Å². The van der Waals surface area contributed by atoms with E-state index in [4.69, 9.17) is 21.1 Å². The molecule has 1 amide bonds. The van der Waals surface area contributed by atoms with Crippen LogP contribution in [0.1, 0.15) is 53.2 Å². The number of amides is 1. The van der Waals surface area contributed by atoms with Gasteiger partial charge in [0, 0.05) is 17.0 Å². The van der Waals surface area contributed by atoms with Crippen LogP contribution in [0.25, 0.3) is 0 Å². The van der Waals surface area contributed by atoms with Crippen LogP contribution in [0, 0.1) is 11.3 Å². The molecule has 6 nitrogen and oxygen atoms in total. The first-order chi connectivity index (χ1) is 19.0. The normalized spacial score (nSPS) is 13.4. The molecule has 40 heavy (non-hydrogen) atoms. The third-order valence-electron chi connectivity index (χ3n) is 6.20. The number of carbonyl (C=O) groups excluding carboxylic acids is 2. The van der Waals surface area contributed by atoms with E-state index in [0.29, 0.717) is 17.0 Å². The number of hydrogen-bond donors (Lipinski definition) is 1. The minimum atomic E-state index is -4.59. The van der Waals surface area contributed by atoms with Gasteiger partial charge in [-0.05, 0) is 67.3 Å². The molecular weight excluding hydrogens is 545 g/mol. The minimum absolute atomic E-state index is 0.127. The molecule has 0 saturated carbocycles. The van der Waals surface area contributed by atoms with Crippen molar-refractivity contribution in [1.82, 2.24) is 5.32 Å². The van der Waals surface area contributed by atoms with Gasteiger partial charge in [-0.3, -0.25) is 4.79 Å². The summed E-state index contributed by atoms with van der Waals surface area (Å²) in [6.07, 6.45) is -5.14. The highest BCUT2D eigenvalue weighted by molar-refractivity contribution is 6.30. The third-order valence-corrected chi connectivity index (χ3v) is 6.45. The Balaban J connectivity index is 1.77. The summed E-state index contributed by atoms with van der Waals surface area (Å²) < 4.78 is 48.1. The van der Waals surface area contributed by atoms with Crippen LogP contribution in [0.2, 0.25) is 5.02 Å². The molecule has 0 aliphatic carbocycles. The van der Waals surface area contributed by atoms with Crippen LogP contribution in [0.3, 0.4) is 0 Å². The van der Waals surface area contributed by atoms with E-state index in [1.807, 2.05) is 25.1 Å². The lowest BCUT2D eigenvalue weighted by molar-refractivity contribution is -0.153. The fourth-order valence-corrected chi connectivity index (χ4v) is 4.28. The number of alkyl halides is 3. The summed E-state index contributed by atoms with van der Waals surface area (Å²) in [5, 5.41) is 12.9. The molecule has 0 aliphatic heterocycles. The summed E-state index contributed by atoms with van der Waals surface area (Å²) in [5.74, 6) is -2.08. The van der Waals surface area contributed by atoms with Crippen molar-refractivity contribution in [1.29, 1.82) is 5.26 Å². The van der Waals surface area contributed by atoms with E-state index in [1.54, 1.807) is 37.3 Å². The van der Waals surface area contributed by atoms with Gasteiger partial charge in [0.05, 0.1) is 11.6 Å². The van der Waals surface area contributed by atoms with Gasteiger partial charge in [0.25, 0.3) is 5.91 Å². The molecule has 0 unspecified atom stereocenters. The number of ether oxygens (including phenoxy) is 2. The molecular formula is C30H28ClF3N2O4. The van der Waals surface area contributed by atoms with Crippen LogP contribution in [0.4, 0.5) is 13.2 Å². The van der Waals surface area contributed by atoms with Crippen LogP contribution in [-0.2, 0) is 16.0 Å². The topological polar surface area (TPSA) is 88.4 Å². The van der Waals surface area contributed by atoms with Gasteiger partial charge in [-0.1, -0.05) is 54.9 Å². The Hall–Kier alpha value is -4.03. The zero-order valence-electron chi connectivity index (χ0n) is 21.9. The monoisotopic (exact) mass is 572 g/mol. The molecule has 0 saturated heterocycles. The summed E-state index contributed by atoms with van der Waals surface area (Å²) >= 11 is 6.03. The molecule has 0 aliphatic rings. The standard InChI is InChI=1S/C30H28ClF3N2O4/c1-3-26(40-29(38)24-9-4-5-10-27(24)39-18-30(32,33)34)28(37)36-19(2)25(16-20-11-13-23(31)14-12-20)22-8-6-7-21(15-22)17-35/h4-15,19,25-26H,3,16,18H2,1-2H3,(H,36,37)/t19-,25+,26+/m0/s1. The highest BCUT2D eigenvalue weighted by Gasteiger charge is 2.31. The van der Waals surface area contributed by atoms with Crippen LogP contribution in [0.5, 0.6) is 5.75 Å². The number of benzene rings is 3. The maximum atomic E-state index is 13.2. The molecule has 3 rings (SSSR count). The summed E-state index contributed by atoms with van der Waals surface area (Å²) in [7, 11) is 0. The van der Waals surface area contributed by atoms with Gasteiger partial charge in [0.1, 0.15) is 11.3 Å². The van der Waals surface area contributed by atoms with E-state index in [0.717, 1.165) is 11.1 Å². The van der Waals surface area contributed by atoms with E-state index >= 15 is 0 Å². The highest BCUT2D eigenvalue weighted by Crippen LogP contribution is 2.27. The first kappa shape index (κ1) is 30.5. The summed E-state index contributed by atoms with van der Waals surface area (Å²) in [4.78, 5) is 26.1. The van der Waals surface area contributed by atoms with E-state index < -0.39 is 36.8 Å². The zero-order chi connectivity index (χ0) is 29.3. The molecule has 3 atom stereocenters. The lowest BCUT2D eigenvalue weighted by Gasteiger charge is -2.27.